The van der Waals surface area contributed by atoms with Crippen LogP contribution in [0.25, 0.3) is 10.8 Å². The Morgan fingerprint density at radius 2 is 1.65 bits per heavy atom. The number of fused-ring (bicyclic) bond motifs is 1. The fourth-order valence-corrected chi connectivity index (χ4v) is 2.30. The van der Waals surface area contributed by atoms with Crippen LogP contribution in [-0.4, -0.2) is 22.3 Å². The molecule has 5 heteroatoms. The van der Waals surface area contributed by atoms with E-state index in [9.17, 15) is 15.0 Å². The van der Waals surface area contributed by atoms with Crippen molar-refractivity contribution in [1.29, 1.82) is 0 Å². The summed E-state index contributed by atoms with van der Waals surface area (Å²) in [6.07, 6.45) is 1.38. The Morgan fingerprint density at radius 3 is 2.48 bits per heavy atom. The maximum Gasteiger partial charge on any atom is 0.275 e. The number of hydrogen-bond donors (Lipinski definition) is 3. The van der Waals surface area contributed by atoms with E-state index in [1.807, 2.05) is 30.3 Å². The molecule has 0 bridgehead atoms. The zero-order valence-corrected chi connectivity index (χ0v) is 12.1. The summed E-state index contributed by atoms with van der Waals surface area (Å²) in [4.78, 5) is 12.0. The minimum absolute atomic E-state index is 0.0734. The molecule has 0 fully saturated rings. The summed E-state index contributed by atoms with van der Waals surface area (Å²) in [5.74, 6) is -0.573. The molecule has 3 aromatic rings. The first-order chi connectivity index (χ1) is 11.2. The number of rotatable bonds is 3. The molecule has 0 aliphatic heterocycles. The monoisotopic (exact) mass is 306 g/mol. The first-order valence-electron chi connectivity index (χ1n) is 6.99. The van der Waals surface area contributed by atoms with Crippen molar-refractivity contribution in [3.63, 3.8) is 0 Å². The Hall–Kier alpha value is -3.34. The van der Waals surface area contributed by atoms with Crippen molar-refractivity contribution in [3.8, 4) is 11.5 Å². The van der Waals surface area contributed by atoms with Crippen LogP contribution >= 0.6 is 0 Å². The van der Waals surface area contributed by atoms with Crippen LogP contribution in [0.3, 0.4) is 0 Å². The summed E-state index contributed by atoms with van der Waals surface area (Å²) in [5, 5.41) is 25.3. The van der Waals surface area contributed by atoms with Gasteiger partial charge in [-0.2, -0.15) is 5.10 Å². The molecule has 3 rings (SSSR count). The van der Waals surface area contributed by atoms with Crippen molar-refractivity contribution >= 4 is 22.9 Å². The van der Waals surface area contributed by atoms with E-state index in [0.717, 1.165) is 10.8 Å². The van der Waals surface area contributed by atoms with Crippen LogP contribution in [-0.2, 0) is 0 Å². The number of benzene rings is 3. The molecule has 0 atom stereocenters. The second kappa shape index (κ2) is 6.19. The van der Waals surface area contributed by atoms with Crippen LogP contribution in [0.4, 0.5) is 0 Å². The highest BCUT2D eigenvalue weighted by atomic mass is 16.3. The summed E-state index contributed by atoms with van der Waals surface area (Å²) >= 11 is 0. The fourth-order valence-electron chi connectivity index (χ4n) is 2.30. The molecule has 0 heterocycles. The lowest BCUT2D eigenvalue weighted by atomic mass is 10.0. The van der Waals surface area contributed by atoms with Gasteiger partial charge in [0.1, 0.15) is 11.5 Å². The largest absolute Gasteiger partial charge is 0.507 e. The van der Waals surface area contributed by atoms with Crippen molar-refractivity contribution < 1.29 is 15.0 Å². The highest BCUT2D eigenvalue weighted by Gasteiger charge is 2.09. The molecular formula is C18H14N2O3. The number of phenolic OH excluding ortho intramolecular Hbond substituents is 2. The van der Waals surface area contributed by atoms with Gasteiger partial charge >= 0.3 is 0 Å². The molecule has 0 radical (unpaired) electrons. The van der Waals surface area contributed by atoms with Gasteiger partial charge in [-0.1, -0.05) is 42.5 Å². The van der Waals surface area contributed by atoms with Crippen LogP contribution in [0.15, 0.2) is 65.8 Å². The van der Waals surface area contributed by atoms with Gasteiger partial charge in [-0.15, -0.1) is 0 Å². The molecule has 0 unspecified atom stereocenters. The number of nitrogens with zero attached hydrogens (tertiary/aromatic N) is 1. The van der Waals surface area contributed by atoms with Gasteiger partial charge in [0, 0.05) is 5.56 Å². The lowest BCUT2D eigenvalue weighted by Gasteiger charge is -2.05. The summed E-state index contributed by atoms with van der Waals surface area (Å²) in [5.41, 5.74) is 2.99. The standard InChI is InChI=1S/C18H14N2O3/c21-16-8-4-3-7-14(16)18(23)20-19-11-15-13-6-2-1-5-12(13)9-10-17(15)22/h1-11,21-22H,(H,20,23). The molecule has 23 heavy (non-hydrogen) atoms. The van der Waals surface area contributed by atoms with E-state index < -0.39 is 5.91 Å². The molecule has 0 saturated carbocycles. The lowest BCUT2D eigenvalue weighted by Crippen LogP contribution is -2.17. The predicted octanol–water partition coefficient (Wildman–Crippen LogP) is 3.01. The number of hydrogen-bond acceptors (Lipinski definition) is 4. The van der Waals surface area contributed by atoms with Gasteiger partial charge in [-0.05, 0) is 29.0 Å². The maximum atomic E-state index is 12.0. The van der Waals surface area contributed by atoms with Crippen LogP contribution in [0.2, 0.25) is 0 Å². The van der Waals surface area contributed by atoms with E-state index in [4.69, 9.17) is 0 Å². The molecule has 1 amide bonds. The Kier molecular flexibility index (Phi) is 3.93. The number of amides is 1. The van der Waals surface area contributed by atoms with Crippen molar-refractivity contribution in [2.75, 3.05) is 0 Å². The molecule has 0 aliphatic carbocycles. The number of hydrazone groups is 1. The normalized spacial score (nSPS) is 11.0. The van der Waals surface area contributed by atoms with Crippen LogP contribution in [0.1, 0.15) is 15.9 Å². The summed E-state index contributed by atoms with van der Waals surface area (Å²) in [6, 6.07) is 17.1. The number of aromatic hydroxyl groups is 2. The molecule has 5 nitrogen and oxygen atoms in total. The minimum Gasteiger partial charge on any atom is -0.507 e. The van der Waals surface area contributed by atoms with Crippen molar-refractivity contribution in [1.82, 2.24) is 5.43 Å². The third-order valence-electron chi connectivity index (χ3n) is 3.46. The summed E-state index contributed by atoms with van der Waals surface area (Å²) in [6.45, 7) is 0. The van der Waals surface area contributed by atoms with E-state index >= 15 is 0 Å². The van der Waals surface area contributed by atoms with Crippen molar-refractivity contribution in [2.45, 2.75) is 0 Å². The number of carbonyl (C=O) groups excluding carboxylic acids is 1. The zero-order valence-electron chi connectivity index (χ0n) is 12.1. The van der Waals surface area contributed by atoms with Crippen LogP contribution in [0.5, 0.6) is 11.5 Å². The van der Waals surface area contributed by atoms with Gasteiger partial charge < -0.3 is 10.2 Å². The smallest absolute Gasteiger partial charge is 0.275 e. The topological polar surface area (TPSA) is 81.9 Å². The van der Waals surface area contributed by atoms with Gasteiger partial charge in [0.2, 0.25) is 0 Å². The summed E-state index contributed by atoms with van der Waals surface area (Å²) in [7, 11) is 0. The molecule has 0 saturated heterocycles. The van der Waals surface area contributed by atoms with Gasteiger partial charge in [-0.3, -0.25) is 4.79 Å². The minimum atomic E-state index is -0.529. The highest BCUT2D eigenvalue weighted by molar-refractivity contribution is 6.03. The lowest BCUT2D eigenvalue weighted by molar-refractivity contribution is 0.0952. The number of carbonyl (C=O) groups is 1. The Labute approximate surface area is 132 Å². The van der Waals surface area contributed by atoms with Gasteiger partial charge in [0.05, 0.1) is 11.8 Å². The van der Waals surface area contributed by atoms with Gasteiger partial charge in [0.25, 0.3) is 5.91 Å². The number of para-hydroxylation sites is 1. The van der Waals surface area contributed by atoms with Crippen LogP contribution < -0.4 is 5.43 Å². The predicted molar refractivity (Wildman–Crippen MR) is 88.8 cm³/mol. The second-order valence-electron chi connectivity index (χ2n) is 4.94. The molecule has 0 spiro atoms. The van der Waals surface area contributed by atoms with Crippen molar-refractivity contribution in [2.24, 2.45) is 5.10 Å². The molecule has 0 aromatic heterocycles. The van der Waals surface area contributed by atoms with E-state index in [2.05, 4.69) is 10.5 Å². The molecule has 114 valence electrons. The number of nitrogens with one attached hydrogen (secondary N) is 1. The average molecular weight is 306 g/mol. The molecular weight excluding hydrogens is 292 g/mol. The maximum absolute atomic E-state index is 12.0. The average Bonchev–Trinajstić information content (AvgIpc) is 2.57. The first kappa shape index (κ1) is 14.6. The van der Waals surface area contributed by atoms with E-state index in [1.165, 1.54) is 18.3 Å². The first-order valence-corrected chi connectivity index (χ1v) is 6.99. The fraction of sp³-hybridized carbons (Fsp3) is 0. The molecule has 0 aliphatic rings. The Morgan fingerprint density at radius 1 is 0.913 bits per heavy atom. The Balaban J connectivity index is 1.85. The van der Waals surface area contributed by atoms with Gasteiger partial charge in [-0.25, -0.2) is 5.43 Å². The molecule has 3 aromatic carbocycles. The van der Waals surface area contributed by atoms with E-state index in [-0.39, 0.29) is 17.1 Å². The second-order valence-corrected chi connectivity index (χ2v) is 4.94. The quantitative estimate of drug-likeness (QED) is 0.514. The third kappa shape index (κ3) is 2.98. The van der Waals surface area contributed by atoms with Crippen molar-refractivity contribution in [3.05, 3.63) is 71.8 Å². The van der Waals surface area contributed by atoms with E-state index in [1.54, 1.807) is 18.2 Å². The Bertz CT molecular complexity index is 904. The molecule has 3 N–H and O–H groups in total. The van der Waals surface area contributed by atoms with E-state index in [0.29, 0.717) is 5.56 Å². The zero-order chi connectivity index (χ0) is 16.2. The van der Waals surface area contributed by atoms with Crippen LogP contribution in [0, 0.1) is 0 Å². The highest BCUT2D eigenvalue weighted by Crippen LogP contribution is 2.25. The SMILES string of the molecule is O=C(NN=Cc1c(O)ccc2ccccc12)c1ccccc1O. The van der Waals surface area contributed by atoms with Gasteiger partial charge in [0.15, 0.2) is 0 Å². The third-order valence-corrected chi connectivity index (χ3v) is 3.46. The summed E-state index contributed by atoms with van der Waals surface area (Å²) < 4.78 is 0. The number of phenols is 2.